The lowest BCUT2D eigenvalue weighted by Gasteiger charge is -2.36. The summed E-state index contributed by atoms with van der Waals surface area (Å²) in [5, 5.41) is 3.35. The van der Waals surface area contributed by atoms with Crippen molar-refractivity contribution in [3.05, 3.63) is 0 Å². The monoisotopic (exact) mass is 353 g/mol. The second-order valence-corrected chi connectivity index (χ2v) is 6.30. The summed E-state index contributed by atoms with van der Waals surface area (Å²) in [6.45, 7) is 11.9. The lowest BCUT2D eigenvalue weighted by molar-refractivity contribution is -0.137. The Balaban J connectivity index is 0.00000220. The number of halogens is 2. The van der Waals surface area contributed by atoms with Gasteiger partial charge in [0.15, 0.2) is 0 Å². The zero-order chi connectivity index (χ0) is 14.4. The molecule has 0 saturated carbocycles. The van der Waals surface area contributed by atoms with Gasteiger partial charge in [0.25, 0.3) is 0 Å². The molecule has 0 bridgehead atoms. The molecular weight excluding hydrogens is 321 g/mol. The van der Waals surface area contributed by atoms with Gasteiger partial charge < -0.3 is 15.1 Å². The van der Waals surface area contributed by atoms with Gasteiger partial charge in [0, 0.05) is 26.2 Å². The Morgan fingerprint density at radius 2 is 1.77 bits per heavy atom. The highest BCUT2D eigenvalue weighted by molar-refractivity contribution is 5.85. The zero-order valence-electron chi connectivity index (χ0n) is 14.1. The van der Waals surface area contributed by atoms with Gasteiger partial charge in [-0.05, 0) is 51.2 Å². The summed E-state index contributed by atoms with van der Waals surface area (Å²) in [5.74, 6) is 1.42. The van der Waals surface area contributed by atoms with Crippen molar-refractivity contribution in [2.75, 3.05) is 45.8 Å². The molecule has 22 heavy (non-hydrogen) atoms. The second-order valence-electron chi connectivity index (χ2n) is 6.30. The average Bonchev–Trinajstić information content (AvgIpc) is 2.53. The second kappa shape index (κ2) is 11.5. The molecule has 0 radical (unpaired) electrons. The average molecular weight is 354 g/mol. The summed E-state index contributed by atoms with van der Waals surface area (Å²) in [6.07, 6.45) is 4.59. The number of piperidine rings is 2. The normalized spacial score (nSPS) is 22.9. The number of rotatable bonds is 5. The maximum atomic E-state index is 12.5. The van der Waals surface area contributed by atoms with E-state index in [0.29, 0.717) is 5.91 Å². The molecule has 0 aromatic carbocycles. The van der Waals surface area contributed by atoms with E-state index < -0.39 is 0 Å². The fraction of sp³-hybridized carbons (Fsp3) is 0.938. The van der Waals surface area contributed by atoms with Crippen LogP contribution in [0.15, 0.2) is 0 Å². The van der Waals surface area contributed by atoms with Crippen molar-refractivity contribution in [1.29, 1.82) is 0 Å². The quantitative estimate of drug-likeness (QED) is 0.824. The summed E-state index contributed by atoms with van der Waals surface area (Å²) < 4.78 is 0. The standard InChI is InChI=1S/C16H31N3O.2ClH/c1-3-18(4-2)13-14-7-10-19(11-8-14)16(20)15-6-5-9-17-12-15;;/h14-15,17H,3-13H2,1-2H3;2*1H/t15-;;/m1../s1. The molecule has 0 unspecified atom stereocenters. The third kappa shape index (κ3) is 6.23. The van der Waals surface area contributed by atoms with Gasteiger partial charge in [-0.25, -0.2) is 0 Å². The minimum atomic E-state index is 0. The highest BCUT2D eigenvalue weighted by Crippen LogP contribution is 2.21. The Morgan fingerprint density at radius 3 is 2.27 bits per heavy atom. The highest BCUT2D eigenvalue weighted by atomic mass is 35.5. The number of carbonyl (C=O) groups is 1. The van der Waals surface area contributed by atoms with E-state index in [4.69, 9.17) is 0 Å². The zero-order valence-corrected chi connectivity index (χ0v) is 15.7. The maximum absolute atomic E-state index is 12.5. The van der Waals surface area contributed by atoms with Gasteiger partial charge >= 0.3 is 0 Å². The number of nitrogens with zero attached hydrogens (tertiary/aromatic N) is 2. The van der Waals surface area contributed by atoms with Gasteiger partial charge in [-0.3, -0.25) is 4.79 Å². The van der Waals surface area contributed by atoms with Crippen LogP contribution in [-0.2, 0) is 4.79 Å². The molecule has 2 aliphatic rings. The molecule has 132 valence electrons. The summed E-state index contributed by atoms with van der Waals surface area (Å²) in [7, 11) is 0. The molecule has 2 saturated heterocycles. The fourth-order valence-electron chi connectivity index (χ4n) is 3.50. The minimum absolute atomic E-state index is 0. The molecule has 0 aromatic heterocycles. The van der Waals surface area contributed by atoms with E-state index in [1.807, 2.05) is 0 Å². The topological polar surface area (TPSA) is 35.6 Å². The van der Waals surface area contributed by atoms with Crippen LogP contribution in [0.25, 0.3) is 0 Å². The van der Waals surface area contributed by atoms with Gasteiger partial charge in [-0.15, -0.1) is 24.8 Å². The number of nitrogens with one attached hydrogen (secondary N) is 1. The van der Waals surface area contributed by atoms with Crippen molar-refractivity contribution >= 4 is 30.7 Å². The molecular formula is C16H33Cl2N3O. The van der Waals surface area contributed by atoms with Crippen molar-refractivity contribution in [2.24, 2.45) is 11.8 Å². The number of hydrogen-bond acceptors (Lipinski definition) is 3. The smallest absolute Gasteiger partial charge is 0.226 e. The van der Waals surface area contributed by atoms with E-state index in [-0.39, 0.29) is 30.7 Å². The summed E-state index contributed by atoms with van der Waals surface area (Å²) in [6, 6.07) is 0. The van der Waals surface area contributed by atoms with Gasteiger partial charge in [0.2, 0.25) is 5.91 Å². The van der Waals surface area contributed by atoms with Crippen molar-refractivity contribution in [2.45, 2.75) is 39.5 Å². The molecule has 2 fully saturated rings. The number of amides is 1. The Hall–Kier alpha value is -0.0300. The van der Waals surface area contributed by atoms with E-state index in [1.165, 1.54) is 19.4 Å². The van der Waals surface area contributed by atoms with Crippen LogP contribution < -0.4 is 5.32 Å². The first-order valence-electron chi connectivity index (χ1n) is 8.46. The van der Waals surface area contributed by atoms with Crippen LogP contribution in [-0.4, -0.2) is 61.5 Å². The van der Waals surface area contributed by atoms with Crippen LogP contribution in [0.3, 0.4) is 0 Å². The Kier molecular flexibility index (Phi) is 11.5. The SMILES string of the molecule is CCN(CC)CC1CCN(C(=O)[C@@H]2CCCNC2)CC1.Cl.Cl. The first kappa shape index (κ1) is 22.0. The molecule has 0 spiro atoms. The van der Waals surface area contributed by atoms with Crippen molar-refractivity contribution in [1.82, 2.24) is 15.1 Å². The molecule has 1 amide bonds. The first-order valence-corrected chi connectivity index (χ1v) is 8.46. The molecule has 6 heteroatoms. The number of likely N-dealkylation sites (tertiary alicyclic amines) is 1. The van der Waals surface area contributed by atoms with E-state index in [1.54, 1.807) is 0 Å². The maximum Gasteiger partial charge on any atom is 0.226 e. The van der Waals surface area contributed by atoms with Crippen molar-refractivity contribution < 1.29 is 4.79 Å². The molecule has 2 rings (SSSR count). The largest absolute Gasteiger partial charge is 0.342 e. The lowest BCUT2D eigenvalue weighted by atomic mass is 9.93. The lowest BCUT2D eigenvalue weighted by Crippen LogP contribution is -2.47. The van der Waals surface area contributed by atoms with Gasteiger partial charge in [0.05, 0.1) is 5.92 Å². The predicted octanol–water partition coefficient (Wildman–Crippen LogP) is 2.41. The molecule has 4 nitrogen and oxygen atoms in total. The van der Waals surface area contributed by atoms with E-state index in [0.717, 1.165) is 58.0 Å². The summed E-state index contributed by atoms with van der Waals surface area (Å²) in [4.78, 5) is 17.1. The fourth-order valence-corrected chi connectivity index (χ4v) is 3.50. The molecule has 0 aliphatic carbocycles. The molecule has 0 aromatic rings. The minimum Gasteiger partial charge on any atom is -0.342 e. The Bertz CT molecular complexity index is 300. The van der Waals surface area contributed by atoms with E-state index in [2.05, 4.69) is 29.0 Å². The van der Waals surface area contributed by atoms with E-state index >= 15 is 0 Å². The van der Waals surface area contributed by atoms with Crippen LogP contribution in [0.5, 0.6) is 0 Å². The van der Waals surface area contributed by atoms with E-state index in [9.17, 15) is 4.79 Å². The number of carbonyl (C=O) groups excluding carboxylic acids is 1. The summed E-state index contributed by atoms with van der Waals surface area (Å²) >= 11 is 0. The molecule has 1 N–H and O–H groups in total. The Morgan fingerprint density at radius 1 is 1.14 bits per heavy atom. The van der Waals surface area contributed by atoms with Gasteiger partial charge in [-0.1, -0.05) is 13.8 Å². The van der Waals surface area contributed by atoms with Gasteiger partial charge in [0.1, 0.15) is 0 Å². The van der Waals surface area contributed by atoms with Crippen LogP contribution in [0.1, 0.15) is 39.5 Å². The van der Waals surface area contributed by atoms with Crippen LogP contribution >= 0.6 is 24.8 Å². The van der Waals surface area contributed by atoms with Crippen molar-refractivity contribution in [3.63, 3.8) is 0 Å². The molecule has 2 aliphatic heterocycles. The first-order chi connectivity index (χ1) is 9.74. The Labute approximate surface area is 148 Å². The van der Waals surface area contributed by atoms with Crippen LogP contribution in [0, 0.1) is 11.8 Å². The number of hydrogen-bond donors (Lipinski definition) is 1. The summed E-state index contributed by atoms with van der Waals surface area (Å²) in [5.41, 5.74) is 0. The van der Waals surface area contributed by atoms with Crippen LogP contribution in [0.4, 0.5) is 0 Å². The molecule has 2 heterocycles. The van der Waals surface area contributed by atoms with Crippen molar-refractivity contribution in [3.8, 4) is 0 Å². The van der Waals surface area contributed by atoms with Gasteiger partial charge in [-0.2, -0.15) is 0 Å². The molecule has 1 atom stereocenters. The van der Waals surface area contributed by atoms with Crippen LogP contribution in [0.2, 0.25) is 0 Å². The highest BCUT2D eigenvalue weighted by Gasteiger charge is 2.29. The third-order valence-corrected chi connectivity index (χ3v) is 4.98. The predicted molar refractivity (Wildman–Crippen MR) is 97.2 cm³/mol. The third-order valence-electron chi connectivity index (χ3n) is 4.98.